The van der Waals surface area contributed by atoms with Crippen LogP contribution in [0.25, 0.3) is 0 Å². The molecule has 2 atom stereocenters. The number of aliphatic hydroxyl groups excluding tert-OH is 1. The summed E-state index contributed by atoms with van der Waals surface area (Å²) >= 11 is 0. The minimum absolute atomic E-state index is 0.171. The van der Waals surface area contributed by atoms with Crippen LogP contribution in [0.15, 0.2) is 97.1 Å². The summed E-state index contributed by atoms with van der Waals surface area (Å²) in [6, 6.07) is 32.3. The standard InChI is InChI=1S/C37H44O4/c1-8-37(6,7)35(38)30-15-21-33(22-16-30)40-32-17-9-27(10-18-32)25-39-31-19-11-28(12-20-31)26(2)29-13-23-34(24-14-29)41-36(3,4)5/h9-24,26,35,38H,8,25H2,1-7H3. The van der Waals surface area contributed by atoms with E-state index in [-0.39, 0.29) is 16.9 Å². The fourth-order valence-electron chi connectivity index (χ4n) is 4.54. The van der Waals surface area contributed by atoms with Crippen molar-refractivity contribution in [3.63, 3.8) is 0 Å². The van der Waals surface area contributed by atoms with Gasteiger partial charge in [-0.2, -0.15) is 0 Å². The van der Waals surface area contributed by atoms with E-state index in [1.54, 1.807) is 0 Å². The van der Waals surface area contributed by atoms with Crippen LogP contribution in [0, 0.1) is 5.41 Å². The minimum Gasteiger partial charge on any atom is -0.489 e. The summed E-state index contributed by atoms with van der Waals surface area (Å²) in [5.41, 5.74) is 4.07. The summed E-state index contributed by atoms with van der Waals surface area (Å²) in [6.45, 7) is 15.1. The highest BCUT2D eigenvalue weighted by Gasteiger charge is 2.27. The van der Waals surface area contributed by atoms with Crippen LogP contribution in [0.2, 0.25) is 0 Å². The van der Waals surface area contributed by atoms with Crippen LogP contribution in [0.1, 0.15) is 89.2 Å². The largest absolute Gasteiger partial charge is 0.489 e. The smallest absolute Gasteiger partial charge is 0.127 e. The molecule has 216 valence electrons. The molecule has 0 aromatic heterocycles. The van der Waals surface area contributed by atoms with E-state index in [4.69, 9.17) is 14.2 Å². The van der Waals surface area contributed by atoms with Crippen molar-refractivity contribution in [1.29, 1.82) is 0 Å². The molecule has 0 saturated carbocycles. The van der Waals surface area contributed by atoms with E-state index in [1.165, 1.54) is 11.1 Å². The minimum atomic E-state index is -0.508. The van der Waals surface area contributed by atoms with Crippen LogP contribution in [-0.2, 0) is 6.61 Å². The summed E-state index contributed by atoms with van der Waals surface area (Å²) in [4.78, 5) is 0. The molecule has 0 amide bonds. The first-order valence-corrected chi connectivity index (χ1v) is 14.5. The van der Waals surface area contributed by atoms with Crippen LogP contribution >= 0.6 is 0 Å². The first kappa shape index (κ1) is 30.2. The molecule has 41 heavy (non-hydrogen) atoms. The van der Waals surface area contributed by atoms with E-state index >= 15 is 0 Å². The first-order valence-electron chi connectivity index (χ1n) is 14.5. The highest BCUT2D eigenvalue weighted by Crippen LogP contribution is 2.37. The fourth-order valence-corrected chi connectivity index (χ4v) is 4.54. The lowest BCUT2D eigenvalue weighted by atomic mass is 9.80. The predicted octanol–water partition coefficient (Wildman–Crippen LogP) is 9.86. The zero-order chi connectivity index (χ0) is 29.6. The second-order valence-electron chi connectivity index (χ2n) is 12.4. The van der Waals surface area contributed by atoms with E-state index in [0.717, 1.165) is 40.5 Å². The predicted molar refractivity (Wildman–Crippen MR) is 167 cm³/mol. The molecule has 0 aliphatic rings. The highest BCUT2D eigenvalue weighted by molar-refractivity contribution is 5.39. The summed E-state index contributed by atoms with van der Waals surface area (Å²) < 4.78 is 18.0. The van der Waals surface area contributed by atoms with Gasteiger partial charge < -0.3 is 19.3 Å². The second-order valence-corrected chi connectivity index (χ2v) is 12.4. The second kappa shape index (κ2) is 12.8. The maximum absolute atomic E-state index is 10.7. The maximum atomic E-state index is 10.7. The quantitative estimate of drug-likeness (QED) is 0.201. The molecule has 0 bridgehead atoms. The third-order valence-corrected chi connectivity index (χ3v) is 7.60. The molecule has 0 spiro atoms. The van der Waals surface area contributed by atoms with Gasteiger partial charge in [0.25, 0.3) is 0 Å². The number of hydrogen-bond acceptors (Lipinski definition) is 4. The van der Waals surface area contributed by atoms with Crippen molar-refractivity contribution in [3.05, 3.63) is 119 Å². The van der Waals surface area contributed by atoms with Crippen molar-refractivity contribution in [2.24, 2.45) is 5.41 Å². The zero-order valence-corrected chi connectivity index (χ0v) is 25.5. The third kappa shape index (κ3) is 8.37. The highest BCUT2D eigenvalue weighted by atomic mass is 16.5. The average molecular weight is 553 g/mol. The van der Waals surface area contributed by atoms with Crippen molar-refractivity contribution >= 4 is 0 Å². The Kier molecular flexibility index (Phi) is 9.45. The number of ether oxygens (including phenoxy) is 3. The number of aliphatic hydroxyl groups is 1. The topological polar surface area (TPSA) is 47.9 Å². The van der Waals surface area contributed by atoms with Gasteiger partial charge in [-0.15, -0.1) is 0 Å². The molecular weight excluding hydrogens is 508 g/mol. The molecule has 4 nitrogen and oxygen atoms in total. The molecule has 0 aliphatic carbocycles. The van der Waals surface area contributed by atoms with Gasteiger partial charge in [0.1, 0.15) is 35.2 Å². The van der Waals surface area contributed by atoms with Crippen molar-refractivity contribution in [2.75, 3.05) is 0 Å². The van der Waals surface area contributed by atoms with Crippen molar-refractivity contribution in [3.8, 4) is 23.0 Å². The van der Waals surface area contributed by atoms with Gasteiger partial charge in [-0.25, -0.2) is 0 Å². The summed E-state index contributed by atoms with van der Waals surface area (Å²) in [5, 5.41) is 10.7. The van der Waals surface area contributed by atoms with Gasteiger partial charge in [-0.3, -0.25) is 0 Å². The van der Waals surface area contributed by atoms with Gasteiger partial charge in [0, 0.05) is 5.92 Å². The maximum Gasteiger partial charge on any atom is 0.127 e. The molecule has 4 heteroatoms. The van der Waals surface area contributed by atoms with Crippen molar-refractivity contribution in [2.45, 2.75) is 79.1 Å². The SMILES string of the molecule is CCC(C)(C)C(O)c1ccc(Oc2ccc(COc3ccc(C(C)c4ccc(OC(C)(C)C)cc4)cc3)cc2)cc1. The van der Waals surface area contributed by atoms with Crippen molar-refractivity contribution in [1.82, 2.24) is 0 Å². The Bertz CT molecular complexity index is 1360. The van der Waals surface area contributed by atoms with Gasteiger partial charge in [-0.1, -0.05) is 76.2 Å². The number of hydrogen-bond donors (Lipinski definition) is 1. The molecule has 4 aromatic carbocycles. The average Bonchev–Trinajstić information content (AvgIpc) is 2.96. The first-order chi connectivity index (χ1) is 19.4. The van der Waals surface area contributed by atoms with Gasteiger partial charge in [-0.05, 0) is 103 Å². The lowest BCUT2D eigenvalue weighted by molar-refractivity contribution is 0.0465. The Labute approximate surface area is 245 Å². The van der Waals surface area contributed by atoms with Gasteiger partial charge in [0.2, 0.25) is 0 Å². The summed E-state index contributed by atoms with van der Waals surface area (Å²) in [6.07, 6.45) is 0.392. The molecule has 2 unspecified atom stereocenters. The van der Waals surface area contributed by atoms with E-state index < -0.39 is 6.10 Å². The molecule has 4 aromatic rings. The molecule has 0 saturated heterocycles. The Morgan fingerprint density at radius 3 is 1.54 bits per heavy atom. The van der Waals surface area contributed by atoms with E-state index in [1.807, 2.05) is 72.8 Å². The molecule has 4 rings (SSSR count). The Balaban J connectivity index is 1.28. The normalized spacial score (nSPS) is 13.4. The third-order valence-electron chi connectivity index (χ3n) is 7.60. The molecule has 1 N–H and O–H groups in total. The monoisotopic (exact) mass is 552 g/mol. The van der Waals surface area contributed by atoms with Crippen LogP contribution in [-0.4, -0.2) is 10.7 Å². The zero-order valence-electron chi connectivity index (χ0n) is 25.5. The van der Waals surface area contributed by atoms with E-state index in [0.29, 0.717) is 6.61 Å². The van der Waals surface area contributed by atoms with Crippen LogP contribution in [0.5, 0.6) is 23.0 Å². The summed E-state index contributed by atoms with van der Waals surface area (Å²) in [5.74, 6) is 3.49. The number of benzene rings is 4. The van der Waals surface area contributed by atoms with Gasteiger partial charge >= 0.3 is 0 Å². The summed E-state index contributed by atoms with van der Waals surface area (Å²) in [7, 11) is 0. The van der Waals surface area contributed by atoms with Crippen molar-refractivity contribution < 1.29 is 19.3 Å². The Hall–Kier alpha value is -3.76. The van der Waals surface area contributed by atoms with Gasteiger partial charge in [0.15, 0.2) is 0 Å². The molecular formula is C37H44O4. The fraction of sp³-hybridized carbons (Fsp3) is 0.351. The molecule has 0 heterocycles. The van der Waals surface area contributed by atoms with E-state index in [9.17, 15) is 5.11 Å². The van der Waals surface area contributed by atoms with Crippen LogP contribution < -0.4 is 14.2 Å². The Morgan fingerprint density at radius 1 is 0.610 bits per heavy atom. The van der Waals surface area contributed by atoms with Gasteiger partial charge in [0.05, 0.1) is 6.10 Å². The van der Waals surface area contributed by atoms with E-state index in [2.05, 4.69) is 72.7 Å². The Morgan fingerprint density at radius 2 is 1.05 bits per heavy atom. The molecule has 0 radical (unpaired) electrons. The van der Waals surface area contributed by atoms with Crippen LogP contribution in [0.3, 0.4) is 0 Å². The lowest BCUT2D eigenvalue weighted by Crippen LogP contribution is -2.22. The molecule has 0 aliphatic heterocycles. The lowest BCUT2D eigenvalue weighted by Gasteiger charge is -2.29. The molecule has 0 fully saturated rings. The number of rotatable bonds is 11. The van der Waals surface area contributed by atoms with Crippen LogP contribution in [0.4, 0.5) is 0 Å².